The molecular formula is C10H17NO2. The first-order valence-corrected chi connectivity index (χ1v) is 4.88. The molecular weight excluding hydrogens is 166 g/mol. The van der Waals surface area contributed by atoms with Crippen molar-refractivity contribution in [3.8, 4) is 0 Å². The molecule has 0 aromatic heterocycles. The minimum absolute atomic E-state index is 0.294. The Bertz CT molecular complexity index is 189. The van der Waals surface area contributed by atoms with Crippen molar-refractivity contribution in [3.05, 3.63) is 12.2 Å². The van der Waals surface area contributed by atoms with Crippen LogP contribution in [0.15, 0.2) is 12.2 Å². The van der Waals surface area contributed by atoms with Gasteiger partial charge in [0.15, 0.2) is 0 Å². The van der Waals surface area contributed by atoms with Crippen LogP contribution in [0.1, 0.15) is 26.2 Å². The molecule has 0 aromatic carbocycles. The lowest BCUT2D eigenvalue weighted by atomic mass is 9.95. The van der Waals surface area contributed by atoms with Gasteiger partial charge < -0.3 is 10.1 Å². The Morgan fingerprint density at radius 1 is 1.62 bits per heavy atom. The van der Waals surface area contributed by atoms with Crippen LogP contribution in [0.2, 0.25) is 0 Å². The Labute approximate surface area is 79.2 Å². The minimum Gasteiger partial charge on any atom is -0.450 e. The summed E-state index contributed by atoms with van der Waals surface area (Å²) in [5.41, 5.74) is 0. The normalized spacial score (nSPS) is 21.2. The molecule has 3 heteroatoms. The van der Waals surface area contributed by atoms with Crippen molar-refractivity contribution in [2.45, 2.75) is 26.2 Å². The maximum atomic E-state index is 10.9. The fraction of sp³-hybridized carbons (Fsp3) is 0.700. The predicted molar refractivity (Wildman–Crippen MR) is 51.5 cm³/mol. The number of ether oxygens (including phenoxy) is 1. The van der Waals surface area contributed by atoms with Crippen molar-refractivity contribution < 1.29 is 9.53 Å². The van der Waals surface area contributed by atoms with Gasteiger partial charge in [-0.1, -0.05) is 12.2 Å². The van der Waals surface area contributed by atoms with Gasteiger partial charge >= 0.3 is 6.09 Å². The Kier molecular flexibility index (Phi) is 4.36. The lowest BCUT2D eigenvalue weighted by molar-refractivity contribution is 0.150. The van der Waals surface area contributed by atoms with Gasteiger partial charge in [0, 0.05) is 6.54 Å². The molecule has 0 aromatic rings. The Balaban J connectivity index is 2.11. The number of alkyl carbamates (subject to hydrolysis) is 1. The molecule has 1 atom stereocenters. The number of hydrogen-bond donors (Lipinski definition) is 1. The van der Waals surface area contributed by atoms with Crippen LogP contribution < -0.4 is 5.32 Å². The quantitative estimate of drug-likeness (QED) is 0.680. The summed E-state index contributed by atoms with van der Waals surface area (Å²) >= 11 is 0. The van der Waals surface area contributed by atoms with Crippen molar-refractivity contribution in [2.75, 3.05) is 13.2 Å². The molecule has 1 aliphatic carbocycles. The first-order valence-electron chi connectivity index (χ1n) is 4.88. The smallest absolute Gasteiger partial charge is 0.407 e. The number of allylic oxidation sites excluding steroid dienone is 2. The van der Waals surface area contributed by atoms with Crippen LogP contribution in [-0.2, 0) is 4.74 Å². The van der Waals surface area contributed by atoms with Gasteiger partial charge in [-0.05, 0) is 32.1 Å². The first-order chi connectivity index (χ1) is 6.33. The summed E-state index contributed by atoms with van der Waals surface area (Å²) in [7, 11) is 0. The molecule has 0 aliphatic heterocycles. The largest absolute Gasteiger partial charge is 0.450 e. The molecule has 3 nitrogen and oxygen atoms in total. The minimum atomic E-state index is -0.294. The number of amides is 1. The average molecular weight is 183 g/mol. The van der Waals surface area contributed by atoms with Gasteiger partial charge in [0.05, 0.1) is 6.61 Å². The molecule has 1 rings (SSSR count). The second-order valence-corrected chi connectivity index (χ2v) is 3.25. The van der Waals surface area contributed by atoms with Crippen LogP contribution >= 0.6 is 0 Å². The standard InChI is InChI=1S/C10H17NO2/c1-2-13-10(12)11-8-9-6-4-3-5-7-9/h3-4,9H,2,5-8H2,1H3,(H,11,12). The molecule has 0 bridgehead atoms. The zero-order chi connectivity index (χ0) is 9.52. The summed E-state index contributed by atoms with van der Waals surface area (Å²) in [5.74, 6) is 0.592. The number of rotatable bonds is 3. The lowest BCUT2D eigenvalue weighted by Crippen LogP contribution is -2.30. The van der Waals surface area contributed by atoms with E-state index in [9.17, 15) is 4.79 Å². The Morgan fingerprint density at radius 2 is 2.46 bits per heavy atom. The highest BCUT2D eigenvalue weighted by Gasteiger charge is 2.10. The third-order valence-corrected chi connectivity index (χ3v) is 2.19. The second kappa shape index (κ2) is 5.62. The van der Waals surface area contributed by atoms with E-state index in [4.69, 9.17) is 4.74 Å². The predicted octanol–water partition coefficient (Wildman–Crippen LogP) is 2.09. The molecule has 1 N–H and O–H groups in total. The van der Waals surface area contributed by atoms with Crippen molar-refractivity contribution in [2.24, 2.45) is 5.92 Å². The van der Waals surface area contributed by atoms with Crippen molar-refractivity contribution in [1.82, 2.24) is 5.32 Å². The van der Waals surface area contributed by atoms with Gasteiger partial charge in [-0.15, -0.1) is 0 Å². The maximum Gasteiger partial charge on any atom is 0.407 e. The van der Waals surface area contributed by atoms with Crippen LogP contribution in [-0.4, -0.2) is 19.2 Å². The Hall–Kier alpha value is -0.990. The molecule has 1 unspecified atom stereocenters. The molecule has 0 radical (unpaired) electrons. The van der Waals surface area contributed by atoms with E-state index in [1.807, 2.05) is 6.92 Å². The fourth-order valence-corrected chi connectivity index (χ4v) is 1.45. The molecule has 1 aliphatic rings. The maximum absolute atomic E-state index is 10.9. The van der Waals surface area contributed by atoms with Gasteiger partial charge in [-0.2, -0.15) is 0 Å². The summed E-state index contributed by atoms with van der Waals surface area (Å²) < 4.78 is 4.76. The lowest BCUT2D eigenvalue weighted by Gasteiger charge is -2.17. The highest BCUT2D eigenvalue weighted by molar-refractivity contribution is 5.66. The van der Waals surface area contributed by atoms with Gasteiger partial charge in [-0.25, -0.2) is 4.79 Å². The Morgan fingerprint density at radius 3 is 3.08 bits per heavy atom. The molecule has 74 valence electrons. The fourth-order valence-electron chi connectivity index (χ4n) is 1.45. The van der Waals surface area contributed by atoms with Crippen molar-refractivity contribution >= 4 is 6.09 Å². The topological polar surface area (TPSA) is 38.3 Å². The van der Waals surface area contributed by atoms with Crippen molar-refractivity contribution in [1.29, 1.82) is 0 Å². The molecule has 0 heterocycles. The first kappa shape index (κ1) is 10.1. The van der Waals surface area contributed by atoms with E-state index in [1.165, 1.54) is 6.42 Å². The molecule has 0 saturated carbocycles. The summed E-state index contributed by atoms with van der Waals surface area (Å²) in [4.78, 5) is 10.9. The van der Waals surface area contributed by atoms with Crippen LogP contribution in [0.25, 0.3) is 0 Å². The molecule has 0 fully saturated rings. The monoisotopic (exact) mass is 183 g/mol. The second-order valence-electron chi connectivity index (χ2n) is 3.25. The summed E-state index contributed by atoms with van der Waals surface area (Å²) in [6.45, 7) is 2.99. The van der Waals surface area contributed by atoms with Crippen LogP contribution in [0.3, 0.4) is 0 Å². The molecule has 1 amide bonds. The van der Waals surface area contributed by atoms with E-state index in [-0.39, 0.29) is 6.09 Å². The number of carbonyl (C=O) groups excluding carboxylic acids is 1. The summed E-state index contributed by atoms with van der Waals surface area (Å²) in [6, 6.07) is 0. The number of nitrogens with one attached hydrogen (secondary N) is 1. The molecule has 13 heavy (non-hydrogen) atoms. The number of hydrogen-bond acceptors (Lipinski definition) is 2. The SMILES string of the molecule is CCOC(=O)NCC1CC=CCC1. The van der Waals surface area contributed by atoms with Gasteiger partial charge in [0.25, 0.3) is 0 Å². The van der Waals surface area contributed by atoms with E-state index in [0.29, 0.717) is 12.5 Å². The van der Waals surface area contributed by atoms with Crippen LogP contribution in [0.4, 0.5) is 4.79 Å². The van der Waals surface area contributed by atoms with Crippen molar-refractivity contribution in [3.63, 3.8) is 0 Å². The van der Waals surface area contributed by atoms with E-state index < -0.39 is 0 Å². The van der Waals surface area contributed by atoms with E-state index in [1.54, 1.807) is 0 Å². The van der Waals surface area contributed by atoms with Crippen LogP contribution in [0, 0.1) is 5.92 Å². The van der Waals surface area contributed by atoms with Gasteiger partial charge in [-0.3, -0.25) is 0 Å². The average Bonchev–Trinajstić information content (AvgIpc) is 2.17. The zero-order valence-corrected chi connectivity index (χ0v) is 8.08. The van der Waals surface area contributed by atoms with E-state index >= 15 is 0 Å². The molecule has 0 spiro atoms. The zero-order valence-electron chi connectivity index (χ0n) is 8.08. The third-order valence-electron chi connectivity index (χ3n) is 2.19. The third kappa shape index (κ3) is 3.97. The summed E-state index contributed by atoms with van der Waals surface area (Å²) in [5, 5.41) is 2.76. The highest BCUT2D eigenvalue weighted by atomic mass is 16.5. The number of carbonyl (C=O) groups is 1. The molecule has 0 saturated heterocycles. The summed E-state index contributed by atoms with van der Waals surface area (Å²) in [6.07, 6.45) is 7.46. The van der Waals surface area contributed by atoms with Gasteiger partial charge in [0.2, 0.25) is 0 Å². The van der Waals surface area contributed by atoms with Crippen LogP contribution in [0.5, 0.6) is 0 Å². The highest BCUT2D eigenvalue weighted by Crippen LogP contribution is 2.16. The van der Waals surface area contributed by atoms with E-state index in [2.05, 4.69) is 17.5 Å². The van der Waals surface area contributed by atoms with Gasteiger partial charge in [0.1, 0.15) is 0 Å². The van der Waals surface area contributed by atoms with E-state index in [0.717, 1.165) is 19.4 Å².